The first-order valence-electron chi connectivity index (χ1n) is 12.0. The molecule has 0 radical (unpaired) electrons. The molecule has 4 rings (SSSR count). The third-order valence-electron chi connectivity index (χ3n) is 7.19. The lowest BCUT2D eigenvalue weighted by atomic mass is 9.95. The van der Waals surface area contributed by atoms with Crippen molar-refractivity contribution in [3.8, 4) is 0 Å². The van der Waals surface area contributed by atoms with Gasteiger partial charge >= 0.3 is 0 Å². The molecule has 6 nitrogen and oxygen atoms in total. The summed E-state index contributed by atoms with van der Waals surface area (Å²) >= 11 is 0. The number of anilines is 1. The normalized spacial score (nSPS) is 18.3. The second-order valence-electron chi connectivity index (χ2n) is 9.40. The number of rotatable bonds is 5. The van der Waals surface area contributed by atoms with Gasteiger partial charge in [-0.15, -0.1) is 0 Å². The van der Waals surface area contributed by atoms with Crippen molar-refractivity contribution in [2.24, 2.45) is 0 Å². The molecule has 1 aliphatic carbocycles. The third-order valence-corrected chi connectivity index (χ3v) is 9.08. The van der Waals surface area contributed by atoms with E-state index in [2.05, 4.69) is 36.2 Å². The van der Waals surface area contributed by atoms with Gasteiger partial charge < -0.3 is 10.2 Å². The van der Waals surface area contributed by atoms with E-state index in [0.717, 1.165) is 31.2 Å². The number of piperazine rings is 1. The van der Waals surface area contributed by atoms with E-state index in [0.29, 0.717) is 31.7 Å². The minimum Gasteiger partial charge on any atom is -0.369 e. The molecule has 0 atom stereocenters. The molecular formula is C26H35N3O3S. The number of benzene rings is 2. The first-order valence-corrected chi connectivity index (χ1v) is 13.4. The Kier molecular flexibility index (Phi) is 7.10. The SMILES string of the molecule is Cc1ccc(S(=O)(=O)N2CCN(c3cccc(C)c3C)CC2)cc1C(=O)NC1CCCCC1. The van der Waals surface area contributed by atoms with Crippen LogP contribution in [0.2, 0.25) is 0 Å². The molecule has 178 valence electrons. The first-order chi connectivity index (χ1) is 15.8. The Morgan fingerprint density at radius 3 is 2.30 bits per heavy atom. The second kappa shape index (κ2) is 9.85. The average molecular weight is 470 g/mol. The van der Waals surface area contributed by atoms with Crippen molar-refractivity contribution in [2.75, 3.05) is 31.1 Å². The van der Waals surface area contributed by atoms with Crippen molar-refractivity contribution in [1.29, 1.82) is 0 Å². The summed E-state index contributed by atoms with van der Waals surface area (Å²) in [6.45, 7) is 8.20. The molecule has 1 aliphatic heterocycles. The van der Waals surface area contributed by atoms with Gasteiger partial charge in [0.05, 0.1) is 4.90 Å². The van der Waals surface area contributed by atoms with Gasteiger partial charge in [0.25, 0.3) is 5.91 Å². The predicted octanol–water partition coefficient (Wildman–Crippen LogP) is 4.19. The Morgan fingerprint density at radius 1 is 0.909 bits per heavy atom. The Balaban J connectivity index is 1.48. The summed E-state index contributed by atoms with van der Waals surface area (Å²) in [4.78, 5) is 15.4. The smallest absolute Gasteiger partial charge is 0.251 e. The quantitative estimate of drug-likeness (QED) is 0.713. The van der Waals surface area contributed by atoms with E-state index >= 15 is 0 Å². The van der Waals surface area contributed by atoms with Crippen LogP contribution in [0.25, 0.3) is 0 Å². The maximum atomic E-state index is 13.4. The molecule has 33 heavy (non-hydrogen) atoms. The van der Waals surface area contributed by atoms with Crippen molar-refractivity contribution < 1.29 is 13.2 Å². The number of amides is 1. The number of sulfonamides is 1. The van der Waals surface area contributed by atoms with Gasteiger partial charge in [-0.1, -0.05) is 37.5 Å². The zero-order chi connectivity index (χ0) is 23.6. The topological polar surface area (TPSA) is 69.7 Å². The average Bonchev–Trinajstić information content (AvgIpc) is 2.81. The first kappa shape index (κ1) is 23.8. The molecule has 2 aliphatic rings. The van der Waals surface area contributed by atoms with E-state index in [1.165, 1.54) is 23.2 Å². The van der Waals surface area contributed by atoms with Crippen LogP contribution in [0.1, 0.15) is 59.2 Å². The van der Waals surface area contributed by atoms with Gasteiger partial charge in [0.2, 0.25) is 10.0 Å². The minimum atomic E-state index is -3.67. The summed E-state index contributed by atoms with van der Waals surface area (Å²) in [5.74, 6) is -0.170. The van der Waals surface area contributed by atoms with Crippen molar-refractivity contribution in [1.82, 2.24) is 9.62 Å². The highest BCUT2D eigenvalue weighted by Gasteiger charge is 2.30. The monoisotopic (exact) mass is 469 g/mol. The van der Waals surface area contributed by atoms with Crippen LogP contribution in [0.4, 0.5) is 5.69 Å². The molecule has 1 amide bonds. The molecule has 2 aromatic carbocycles. The number of hydrogen-bond acceptors (Lipinski definition) is 4. The molecule has 1 N–H and O–H groups in total. The lowest BCUT2D eigenvalue weighted by Gasteiger charge is -2.36. The van der Waals surface area contributed by atoms with E-state index < -0.39 is 10.0 Å². The Labute approximate surface area is 198 Å². The van der Waals surface area contributed by atoms with Gasteiger partial charge in [-0.2, -0.15) is 4.31 Å². The van der Waals surface area contributed by atoms with Gasteiger partial charge in [-0.3, -0.25) is 4.79 Å². The molecule has 7 heteroatoms. The van der Waals surface area contributed by atoms with E-state index in [1.807, 2.05) is 13.0 Å². The summed E-state index contributed by atoms with van der Waals surface area (Å²) in [6, 6.07) is 11.4. The highest BCUT2D eigenvalue weighted by molar-refractivity contribution is 7.89. The van der Waals surface area contributed by atoms with E-state index in [9.17, 15) is 13.2 Å². The molecule has 0 unspecified atom stereocenters. The van der Waals surface area contributed by atoms with E-state index in [-0.39, 0.29) is 16.8 Å². The fraction of sp³-hybridized carbons (Fsp3) is 0.500. The molecule has 1 saturated carbocycles. The molecule has 2 aromatic rings. The highest BCUT2D eigenvalue weighted by atomic mass is 32.2. The van der Waals surface area contributed by atoms with Gasteiger partial charge in [0.15, 0.2) is 0 Å². The minimum absolute atomic E-state index is 0.170. The van der Waals surface area contributed by atoms with Crippen molar-refractivity contribution >= 4 is 21.6 Å². The summed E-state index contributed by atoms with van der Waals surface area (Å²) in [6.07, 6.45) is 5.47. The molecule has 2 fully saturated rings. The zero-order valence-electron chi connectivity index (χ0n) is 19.9. The van der Waals surface area contributed by atoms with Crippen LogP contribution < -0.4 is 10.2 Å². The number of nitrogens with zero attached hydrogens (tertiary/aromatic N) is 2. The van der Waals surface area contributed by atoms with Gasteiger partial charge in [-0.05, 0) is 68.5 Å². The van der Waals surface area contributed by atoms with Crippen molar-refractivity contribution in [3.05, 3.63) is 58.7 Å². The fourth-order valence-electron chi connectivity index (χ4n) is 4.91. The number of aryl methyl sites for hydroxylation is 2. The lowest BCUT2D eigenvalue weighted by Crippen LogP contribution is -2.49. The lowest BCUT2D eigenvalue weighted by molar-refractivity contribution is 0.0927. The number of nitrogens with one attached hydrogen (secondary N) is 1. The number of carbonyl (C=O) groups is 1. The predicted molar refractivity (Wildman–Crippen MR) is 132 cm³/mol. The van der Waals surface area contributed by atoms with E-state index in [1.54, 1.807) is 22.5 Å². The molecule has 1 heterocycles. The van der Waals surface area contributed by atoms with Crippen molar-refractivity contribution in [2.45, 2.75) is 63.8 Å². The molecule has 1 saturated heterocycles. The summed E-state index contributed by atoms with van der Waals surface area (Å²) < 4.78 is 28.4. The Hall–Kier alpha value is -2.38. The Morgan fingerprint density at radius 2 is 1.61 bits per heavy atom. The number of hydrogen-bond donors (Lipinski definition) is 1. The zero-order valence-corrected chi connectivity index (χ0v) is 20.7. The van der Waals surface area contributed by atoms with E-state index in [4.69, 9.17) is 0 Å². The standard InChI is InChI=1S/C26H35N3O3S/c1-19-8-7-11-25(21(19)3)28-14-16-29(17-15-28)33(31,32)23-13-12-20(2)24(18-23)26(30)27-22-9-5-4-6-10-22/h7-8,11-13,18,22H,4-6,9-10,14-17H2,1-3H3,(H,27,30). The largest absolute Gasteiger partial charge is 0.369 e. The molecule has 0 aromatic heterocycles. The van der Waals surface area contributed by atoms with Crippen molar-refractivity contribution in [3.63, 3.8) is 0 Å². The summed E-state index contributed by atoms with van der Waals surface area (Å²) in [5, 5.41) is 3.11. The summed E-state index contributed by atoms with van der Waals surface area (Å²) in [7, 11) is -3.67. The van der Waals surface area contributed by atoms with Crippen LogP contribution in [0.15, 0.2) is 41.3 Å². The highest BCUT2D eigenvalue weighted by Crippen LogP contribution is 2.26. The second-order valence-corrected chi connectivity index (χ2v) is 11.3. The number of carbonyl (C=O) groups excluding carboxylic acids is 1. The van der Waals surface area contributed by atoms with Crippen LogP contribution >= 0.6 is 0 Å². The van der Waals surface area contributed by atoms with Crippen LogP contribution in [0, 0.1) is 20.8 Å². The third kappa shape index (κ3) is 5.09. The fourth-order valence-corrected chi connectivity index (χ4v) is 6.36. The molecule has 0 spiro atoms. The van der Waals surface area contributed by atoms with Crippen LogP contribution in [-0.4, -0.2) is 50.9 Å². The maximum absolute atomic E-state index is 13.4. The van der Waals surface area contributed by atoms with Crippen LogP contribution in [0.3, 0.4) is 0 Å². The molecular weight excluding hydrogens is 434 g/mol. The van der Waals surface area contributed by atoms with Gasteiger partial charge in [0.1, 0.15) is 0 Å². The van der Waals surface area contributed by atoms with Crippen LogP contribution in [-0.2, 0) is 10.0 Å². The molecule has 0 bridgehead atoms. The summed E-state index contributed by atoms with van der Waals surface area (Å²) in [5.41, 5.74) is 4.89. The van der Waals surface area contributed by atoms with Gasteiger partial charge in [0, 0.05) is 43.5 Å². The van der Waals surface area contributed by atoms with Gasteiger partial charge in [-0.25, -0.2) is 8.42 Å². The van der Waals surface area contributed by atoms with Crippen LogP contribution in [0.5, 0.6) is 0 Å². The maximum Gasteiger partial charge on any atom is 0.251 e. The Bertz CT molecular complexity index is 1120.